The van der Waals surface area contributed by atoms with Gasteiger partial charge in [0.2, 0.25) is 0 Å². The number of hydrogen-bond acceptors (Lipinski definition) is 4. The minimum absolute atomic E-state index is 0.00880. The van der Waals surface area contributed by atoms with Gasteiger partial charge in [-0.05, 0) is 18.2 Å². The molecule has 0 atom stereocenters. The highest BCUT2D eigenvalue weighted by molar-refractivity contribution is 5.68. The number of hydrogen-bond donors (Lipinski definition) is 0. The summed E-state index contributed by atoms with van der Waals surface area (Å²) in [6.45, 7) is 0. The summed E-state index contributed by atoms with van der Waals surface area (Å²) in [4.78, 5) is 18.2. The lowest BCUT2D eigenvalue weighted by atomic mass is 10.1. The maximum atomic E-state index is 10.7. The Labute approximate surface area is 85.6 Å². The van der Waals surface area contributed by atoms with Crippen LogP contribution in [-0.4, -0.2) is 14.9 Å². The van der Waals surface area contributed by atoms with Crippen molar-refractivity contribution in [1.82, 2.24) is 9.97 Å². The first-order valence-electron chi connectivity index (χ1n) is 4.29. The summed E-state index contributed by atoms with van der Waals surface area (Å²) in [5.41, 5.74) is 0.978. The molecule has 2 aromatic heterocycles. The predicted molar refractivity (Wildman–Crippen MR) is 54.1 cm³/mol. The maximum absolute atomic E-state index is 10.7. The number of nitro groups is 1. The fourth-order valence-electron chi connectivity index (χ4n) is 1.27. The molecule has 0 unspecified atom stereocenters. The maximum Gasteiger partial charge on any atom is 0.295 e. The third-order valence-corrected chi connectivity index (χ3v) is 1.92. The molecule has 0 amide bonds. The molecule has 2 rings (SSSR count). The summed E-state index contributed by atoms with van der Waals surface area (Å²) in [5.74, 6) is 0. The van der Waals surface area contributed by atoms with Crippen LogP contribution < -0.4 is 0 Å². The Balaban J connectivity index is 2.58. The topological polar surface area (TPSA) is 68.9 Å². The van der Waals surface area contributed by atoms with E-state index in [-0.39, 0.29) is 5.69 Å². The zero-order chi connectivity index (χ0) is 10.7. The van der Waals surface area contributed by atoms with Gasteiger partial charge in [0.05, 0.1) is 4.92 Å². The quantitative estimate of drug-likeness (QED) is 0.550. The smallest absolute Gasteiger partial charge is 0.264 e. The summed E-state index contributed by atoms with van der Waals surface area (Å²) in [6, 6.07) is 6.42. The summed E-state index contributed by atoms with van der Waals surface area (Å²) >= 11 is 0. The van der Waals surface area contributed by atoms with E-state index in [1.807, 2.05) is 0 Å². The number of rotatable bonds is 2. The van der Waals surface area contributed by atoms with Crippen molar-refractivity contribution in [3.05, 3.63) is 53.0 Å². The van der Waals surface area contributed by atoms with E-state index < -0.39 is 4.92 Å². The van der Waals surface area contributed by atoms with Gasteiger partial charge < -0.3 is 0 Å². The molecule has 0 N–H and O–H groups in total. The third kappa shape index (κ3) is 1.80. The second-order valence-electron chi connectivity index (χ2n) is 2.87. The average molecular weight is 201 g/mol. The van der Waals surface area contributed by atoms with Gasteiger partial charge in [-0.2, -0.15) is 0 Å². The molecular weight excluding hydrogens is 194 g/mol. The molecule has 0 saturated heterocycles. The van der Waals surface area contributed by atoms with E-state index in [4.69, 9.17) is 0 Å². The van der Waals surface area contributed by atoms with E-state index >= 15 is 0 Å². The van der Waals surface area contributed by atoms with Crippen molar-refractivity contribution in [3.63, 3.8) is 0 Å². The molecule has 0 aliphatic rings. The third-order valence-electron chi connectivity index (χ3n) is 1.92. The lowest BCUT2D eigenvalue weighted by molar-refractivity contribution is -0.384. The van der Waals surface area contributed by atoms with Gasteiger partial charge in [0.25, 0.3) is 5.69 Å². The highest BCUT2D eigenvalue weighted by atomic mass is 16.6. The van der Waals surface area contributed by atoms with Gasteiger partial charge in [0.1, 0.15) is 5.69 Å². The van der Waals surface area contributed by atoms with Crippen molar-refractivity contribution in [2.24, 2.45) is 0 Å². The second kappa shape index (κ2) is 3.83. The Morgan fingerprint density at radius 2 is 2.00 bits per heavy atom. The van der Waals surface area contributed by atoms with Crippen molar-refractivity contribution < 1.29 is 4.92 Å². The van der Waals surface area contributed by atoms with E-state index in [1.54, 1.807) is 24.5 Å². The van der Waals surface area contributed by atoms with Gasteiger partial charge >= 0.3 is 0 Å². The molecule has 5 nitrogen and oxygen atoms in total. The summed E-state index contributed by atoms with van der Waals surface area (Å²) < 4.78 is 0. The van der Waals surface area contributed by atoms with Gasteiger partial charge in [0, 0.05) is 30.2 Å². The molecule has 2 aromatic rings. The van der Waals surface area contributed by atoms with Crippen LogP contribution in [-0.2, 0) is 0 Å². The van der Waals surface area contributed by atoms with Crippen LogP contribution in [0.4, 0.5) is 5.69 Å². The van der Waals surface area contributed by atoms with Gasteiger partial charge in [-0.1, -0.05) is 0 Å². The lowest BCUT2D eigenvalue weighted by Crippen LogP contribution is -1.94. The van der Waals surface area contributed by atoms with Crippen LogP contribution >= 0.6 is 0 Å². The highest BCUT2D eigenvalue weighted by Crippen LogP contribution is 2.25. The van der Waals surface area contributed by atoms with E-state index in [0.717, 1.165) is 0 Å². The van der Waals surface area contributed by atoms with Crippen molar-refractivity contribution in [2.45, 2.75) is 0 Å². The molecule has 0 aliphatic heterocycles. The Hall–Kier alpha value is -2.30. The van der Waals surface area contributed by atoms with Crippen LogP contribution in [0.3, 0.4) is 0 Å². The fourth-order valence-corrected chi connectivity index (χ4v) is 1.27. The Morgan fingerprint density at radius 3 is 2.67 bits per heavy atom. The Bertz CT molecular complexity index is 485. The van der Waals surface area contributed by atoms with Crippen molar-refractivity contribution in [2.75, 3.05) is 0 Å². The number of aromatic nitrogens is 2. The monoisotopic (exact) mass is 201 g/mol. The molecule has 2 heterocycles. The van der Waals surface area contributed by atoms with Crippen molar-refractivity contribution >= 4 is 5.69 Å². The molecule has 15 heavy (non-hydrogen) atoms. The molecule has 0 fully saturated rings. The van der Waals surface area contributed by atoms with Crippen LogP contribution in [0.1, 0.15) is 0 Å². The van der Waals surface area contributed by atoms with Gasteiger partial charge in [-0.15, -0.1) is 0 Å². The molecule has 74 valence electrons. The van der Waals surface area contributed by atoms with Crippen molar-refractivity contribution in [3.8, 4) is 11.3 Å². The lowest BCUT2D eigenvalue weighted by Gasteiger charge is -2.00. The van der Waals surface area contributed by atoms with Crippen LogP contribution in [0.5, 0.6) is 0 Å². The normalized spacial score (nSPS) is 9.87. The van der Waals surface area contributed by atoms with Crippen LogP contribution in [0.15, 0.2) is 42.9 Å². The molecule has 0 spiro atoms. The second-order valence-corrected chi connectivity index (χ2v) is 2.87. The zero-order valence-electron chi connectivity index (χ0n) is 7.70. The first-order chi connectivity index (χ1) is 7.29. The Morgan fingerprint density at radius 1 is 1.20 bits per heavy atom. The highest BCUT2D eigenvalue weighted by Gasteiger charge is 2.15. The molecule has 5 heteroatoms. The molecule has 0 aromatic carbocycles. The summed E-state index contributed by atoms with van der Waals surface area (Å²) in [6.07, 6.45) is 4.68. The minimum Gasteiger partial charge on any atom is -0.264 e. The molecule has 0 saturated carbocycles. The van der Waals surface area contributed by atoms with Crippen LogP contribution in [0.25, 0.3) is 11.3 Å². The average Bonchev–Trinajstić information content (AvgIpc) is 2.30. The van der Waals surface area contributed by atoms with Crippen molar-refractivity contribution in [1.29, 1.82) is 0 Å². The first kappa shape index (κ1) is 9.26. The Kier molecular flexibility index (Phi) is 2.37. The minimum atomic E-state index is -0.449. The van der Waals surface area contributed by atoms with Crippen LogP contribution in [0, 0.1) is 10.1 Å². The standard InChI is InChI=1S/C10H7N3O2/c14-13(15)9-4-2-6-12-10(9)8-3-1-5-11-7-8/h1-7H. The summed E-state index contributed by atoms with van der Waals surface area (Å²) in [7, 11) is 0. The van der Waals surface area contributed by atoms with Gasteiger partial charge in [0.15, 0.2) is 0 Å². The molecule has 0 bridgehead atoms. The molecule has 0 aliphatic carbocycles. The largest absolute Gasteiger partial charge is 0.295 e. The predicted octanol–water partition coefficient (Wildman–Crippen LogP) is 2.05. The van der Waals surface area contributed by atoms with E-state index in [1.165, 1.54) is 18.3 Å². The number of pyridine rings is 2. The SMILES string of the molecule is O=[N+]([O-])c1cccnc1-c1cccnc1. The van der Waals surface area contributed by atoms with E-state index in [2.05, 4.69) is 9.97 Å². The number of nitrogens with zero attached hydrogens (tertiary/aromatic N) is 3. The molecular formula is C10H7N3O2. The fraction of sp³-hybridized carbons (Fsp3) is 0. The molecule has 0 radical (unpaired) electrons. The summed E-state index contributed by atoms with van der Waals surface area (Å²) in [5, 5.41) is 10.7. The van der Waals surface area contributed by atoms with E-state index in [9.17, 15) is 10.1 Å². The van der Waals surface area contributed by atoms with Gasteiger partial charge in [-0.25, -0.2) is 4.98 Å². The van der Waals surface area contributed by atoms with E-state index in [0.29, 0.717) is 11.3 Å². The zero-order valence-corrected chi connectivity index (χ0v) is 7.70. The van der Waals surface area contributed by atoms with Gasteiger partial charge in [-0.3, -0.25) is 15.1 Å². The first-order valence-corrected chi connectivity index (χ1v) is 4.29. The van der Waals surface area contributed by atoms with Crippen LogP contribution in [0.2, 0.25) is 0 Å².